The number of aliphatic carboxylic acids is 1. The third-order valence-corrected chi connectivity index (χ3v) is 7.49. The number of thiazole rings is 1. The first kappa shape index (κ1) is 22.8. The number of carboxylic acid groups (broad SMARTS) is 1. The second-order valence-electron chi connectivity index (χ2n) is 7.56. The van der Waals surface area contributed by atoms with Crippen molar-refractivity contribution in [2.45, 2.75) is 18.0 Å². The monoisotopic (exact) mass is 515 g/mol. The van der Waals surface area contributed by atoms with Gasteiger partial charge in [-0.05, 0) is 0 Å². The molecule has 0 unspecified atom stereocenters. The second-order valence-corrected chi connectivity index (χ2v) is 9.56. The summed E-state index contributed by atoms with van der Waals surface area (Å²) in [4.78, 5) is 52.4. The number of β-lactam (4-membered cyclic amide) rings is 1. The van der Waals surface area contributed by atoms with Crippen LogP contribution in [0.2, 0.25) is 0 Å². The normalized spacial score (nSPS) is 20.0. The van der Waals surface area contributed by atoms with Gasteiger partial charge in [-0.3, -0.25) is 14.5 Å². The van der Waals surface area contributed by atoms with Gasteiger partial charge in [0, 0.05) is 22.8 Å². The number of imidazole rings is 1. The summed E-state index contributed by atoms with van der Waals surface area (Å²) < 4.78 is 3.63. The number of fused-ring (bicyclic) bond motifs is 2. The first-order valence-electron chi connectivity index (χ1n) is 10.2. The average molecular weight is 516 g/mol. The van der Waals surface area contributed by atoms with Gasteiger partial charge in [0.05, 0.1) is 18.9 Å². The summed E-state index contributed by atoms with van der Waals surface area (Å²) in [6, 6.07) is 0.866. The van der Waals surface area contributed by atoms with E-state index in [1.54, 1.807) is 23.8 Å². The first-order valence-corrected chi connectivity index (χ1v) is 12.2. The quantitative estimate of drug-likeness (QED) is 0.162. The average Bonchev–Trinajstić information content (AvgIpc) is 3.46. The zero-order chi connectivity index (χ0) is 24.7. The Bertz CT molecular complexity index is 1410. The number of nitrogens with two attached hydrogens (primary N) is 1. The predicted molar refractivity (Wildman–Crippen MR) is 125 cm³/mol. The van der Waals surface area contributed by atoms with Crippen molar-refractivity contribution in [1.29, 1.82) is 0 Å². The Morgan fingerprint density at radius 3 is 2.97 bits per heavy atom. The zero-order valence-electron chi connectivity index (χ0n) is 18.2. The Hall–Kier alpha value is -3.98. The Morgan fingerprint density at radius 2 is 2.26 bits per heavy atom. The van der Waals surface area contributed by atoms with Crippen LogP contribution in [0.5, 0.6) is 0 Å². The maximum Gasteiger partial charge on any atom is 0.403 e. The topological polar surface area (TPSA) is 168 Å². The molecule has 2 atom stereocenters. The number of oxime groups is 1. The molecule has 1 fully saturated rings. The molecule has 15 heteroatoms. The summed E-state index contributed by atoms with van der Waals surface area (Å²) in [5.41, 5.74) is 6.22. The van der Waals surface area contributed by atoms with Crippen LogP contribution in [-0.2, 0) is 25.8 Å². The molecular formula is C20H19N8O5S2+. The van der Waals surface area contributed by atoms with Crippen molar-refractivity contribution < 1.29 is 28.9 Å². The van der Waals surface area contributed by atoms with Crippen molar-refractivity contribution in [3.8, 4) is 0 Å². The predicted octanol–water partition coefficient (Wildman–Crippen LogP) is -0.550. The molecule has 0 radical (unpaired) electrons. The fourth-order valence-corrected chi connectivity index (χ4v) is 5.85. The lowest BCUT2D eigenvalue weighted by Crippen LogP contribution is -2.71. The zero-order valence-corrected chi connectivity index (χ0v) is 19.8. The molecular weight excluding hydrogens is 496 g/mol. The number of nitrogen functional groups attached to an aromatic ring is 1. The van der Waals surface area contributed by atoms with E-state index < -0.39 is 29.2 Å². The summed E-state index contributed by atoms with van der Waals surface area (Å²) in [5.74, 6) is -1.40. The highest BCUT2D eigenvalue weighted by Gasteiger charge is 2.54. The smallest absolute Gasteiger partial charge is 0.403 e. The van der Waals surface area contributed by atoms with Gasteiger partial charge in [0.25, 0.3) is 11.8 Å². The van der Waals surface area contributed by atoms with Crippen LogP contribution in [0.15, 0.2) is 52.7 Å². The molecule has 0 aromatic carbocycles. The van der Waals surface area contributed by atoms with Crippen LogP contribution in [0.4, 0.5) is 5.13 Å². The van der Waals surface area contributed by atoms with Crippen LogP contribution >= 0.6 is 23.1 Å². The summed E-state index contributed by atoms with van der Waals surface area (Å²) in [6.45, 7) is 0.256. The number of amides is 2. The highest BCUT2D eigenvalue weighted by Crippen LogP contribution is 2.40. The minimum atomic E-state index is -1.21. The lowest BCUT2D eigenvalue weighted by molar-refractivity contribution is -0.664. The van der Waals surface area contributed by atoms with E-state index in [-0.39, 0.29) is 28.8 Å². The fourth-order valence-electron chi connectivity index (χ4n) is 3.97. The summed E-state index contributed by atoms with van der Waals surface area (Å²) in [5, 5.41) is 17.5. The maximum atomic E-state index is 13.0. The van der Waals surface area contributed by atoms with Gasteiger partial charge >= 0.3 is 11.7 Å². The molecule has 1 saturated heterocycles. The SMILES string of the molecule is CO/N=C(\C(=O)N[C@@H]1C(=O)N2C(C(=O)O)=C(C[n+]3ccn4cccnc43)CS[C@H]12)c1csc(N)n1. The second kappa shape index (κ2) is 8.99. The molecule has 3 aromatic rings. The van der Waals surface area contributed by atoms with E-state index in [2.05, 4.69) is 20.4 Å². The van der Waals surface area contributed by atoms with Crippen LogP contribution in [0.25, 0.3) is 5.78 Å². The molecule has 0 aliphatic carbocycles. The van der Waals surface area contributed by atoms with Crippen molar-refractivity contribution in [1.82, 2.24) is 24.6 Å². The molecule has 2 aliphatic rings. The van der Waals surface area contributed by atoms with Crippen molar-refractivity contribution in [3.63, 3.8) is 0 Å². The molecule has 0 bridgehead atoms. The number of carbonyl (C=O) groups is 3. The van der Waals surface area contributed by atoms with Crippen LogP contribution in [0.1, 0.15) is 5.69 Å². The minimum absolute atomic E-state index is 0.0786. The van der Waals surface area contributed by atoms with Gasteiger partial charge in [-0.15, -0.1) is 23.1 Å². The number of anilines is 1. The number of hydrogen-bond donors (Lipinski definition) is 3. The Labute approximate surface area is 205 Å². The number of carbonyl (C=O) groups excluding carboxylic acids is 2. The van der Waals surface area contributed by atoms with Crippen LogP contribution in [-0.4, -0.2) is 72.1 Å². The number of aromatic nitrogens is 4. The van der Waals surface area contributed by atoms with E-state index in [4.69, 9.17) is 10.6 Å². The van der Waals surface area contributed by atoms with Crippen molar-refractivity contribution in [2.24, 2.45) is 5.16 Å². The molecule has 2 aliphatic heterocycles. The fraction of sp³-hybridized carbons (Fsp3) is 0.250. The standard InChI is InChI=1S/C20H18N8O5S2/c1-33-25-12(11-9-35-19(21)23-11)15(29)24-13-16(30)28-14(18(31)32)10(8-34-17(13)28)7-27-6-5-26-4-2-3-22-20(26)27/h2-6,9,13,17H,7-8H2,1H3,(H3-,21,23,24,29,31,32)/p+1/b25-12-/t13-,17-/m1/s1. The Balaban J connectivity index is 1.37. The molecule has 35 heavy (non-hydrogen) atoms. The van der Waals surface area contributed by atoms with Crippen molar-refractivity contribution >= 4 is 57.5 Å². The van der Waals surface area contributed by atoms with Crippen molar-refractivity contribution in [2.75, 3.05) is 18.6 Å². The van der Waals surface area contributed by atoms with Crippen LogP contribution < -0.4 is 15.6 Å². The first-order chi connectivity index (χ1) is 16.9. The molecule has 180 valence electrons. The summed E-state index contributed by atoms with van der Waals surface area (Å²) >= 11 is 2.50. The molecule has 5 heterocycles. The molecule has 4 N–H and O–H groups in total. The maximum absolute atomic E-state index is 13.0. The van der Waals surface area contributed by atoms with E-state index in [1.165, 1.54) is 23.8 Å². The lowest BCUT2D eigenvalue weighted by Gasteiger charge is -2.49. The van der Waals surface area contributed by atoms with Gasteiger partial charge in [-0.1, -0.05) is 10.1 Å². The number of nitrogens with zero attached hydrogens (tertiary/aromatic N) is 6. The molecule has 2 amide bonds. The van der Waals surface area contributed by atoms with E-state index in [0.29, 0.717) is 17.1 Å². The molecule has 0 spiro atoms. The number of thioether (sulfide) groups is 1. The Morgan fingerprint density at radius 1 is 1.43 bits per heavy atom. The number of carboxylic acids is 1. The third-order valence-electron chi connectivity index (χ3n) is 5.48. The van der Waals surface area contributed by atoms with E-state index >= 15 is 0 Å². The van der Waals surface area contributed by atoms with Gasteiger partial charge in [-0.2, -0.15) is 0 Å². The molecule has 13 nitrogen and oxygen atoms in total. The van der Waals surface area contributed by atoms with Crippen molar-refractivity contribution in [3.05, 3.63) is 53.2 Å². The molecule has 3 aromatic heterocycles. The van der Waals surface area contributed by atoms with Crippen LogP contribution in [0, 0.1) is 0 Å². The molecule has 5 rings (SSSR count). The van der Waals surface area contributed by atoms with Gasteiger partial charge in [0.1, 0.15) is 42.3 Å². The van der Waals surface area contributed by atoms with Gasteiger partial charge in [0.15, 0.2) is 10.8 Å². The number of nitrogens with one attached hydrogen (secondary N) is 1. The summed E-state index contributed by atoms with van der Waals surface area (Å²) in [7, 11) is 1.28. The summed E-state index contributed by atoms with van der Waals surface area (Å²) in [6.07, 6.45) is 7.10. The number of hydrogen-bond acceptors (Lipinski definition) is 10. The number of rotatable bonds is 7. The van der Waals surface area contributed by atoms with E-state index in [1.807, 2.05) is 21.4 Å². The van der Waals surface area contributed by atoms with Gasteiger partial charge in [0.2, 0.25) is 0 Å². The lowest BCUT2D eigenvalue weighted by atomic mass is 10.0. The third kappa shape index (κ3) is 3.97. The highest BCUT2D eigenvalue weighted by molar-refractivity contribution is 8.00. The van der Waals surface area contributed by atoms with Gasteiger partial charge < -0.3 is 21.0 Å². The molecule has 0 saturated carbocycles. The Kier molecular flexibility index (Phi) is 5.86. The van der Waals surface area contributed by atoms with Gasteiger partial charge in [-0.25, -0.2) is 18.7 Å². The largest absolute Gasteiger partial charge is 0.477 e. The van der Waals surface area contributed by atoms with E-state index in [9.17, 15) is 19.5 Å². The van der Waals surface area contributed by atoms with E-state index in [0.717, 1.165) is 11.3 Å². The minimum Gasteiger partial charge on any atom is -0.477 e. The highest BCUT2D eigenvalue weighted by atomic mass is 32.2. The van der Waals surface area contributed by atoms with Crippen LogP contribution in [0.3, 0.4) is 0 Å².